The molecule has 1 aromatic rings. The molecular formula is C13H23N3O2S. The number of nitrogens with two attached hydrogens (primary N) is 1. The van der Waals surface area contributed by atoms with E-state index in [1.54, 1.807) is 5.38 Å². The molecule has 0 aliphatic rings. The number of nitrogens with zero attached hydrogens (tertiary/aromatic N) is 2. The maximum Gasteiger partial charge on any atom is 0.326 e. The van der Waals surface area contributed by atoms with Gasteiger partial charge in [-0.25, -0.2) is 4.98 Å². The van der Waals surface area contributed by atoms with Crippen LogP contribution in [0.2, 0.25) is 0 Å². The van der Waals surface area contributed by atoms with Crippen LogP contribution in [-0.2, 0) is 4.79 Å². The molecular weight excluding hydrogens is 262 g/mol. The monoisotopic (exact) mass is 285 g/mol. The summed E-state index contributed by atoms with van der Waals surface area (Å²) in [6.07, 6.45) is 3.26. The predicted octanol–water partition coefficient (Wildman–Crippen LogP) is 2.63. The summed E-state index contributed by atoms with van der Waals surface area (Å²) in [7, 11) is 0. The van der Waals surface area contributed by atoms with Crippen molar-refractivity contribution >= 4 is 22.4 Å². The molecule has 1 heterocycles. The molecule has 0 saturated carbocycles. The highest BCUT2D eigenvalue weighted by Crippen LogP contribution is 2.26. The first-order valence-corrected chi connectivity index (χ1v) is 7.59. The van der Waals surface area contributed by atoms with E-state index >= 15 is 0 Å². The van der Waals surface area contributed by atoms with Crippen LogP contribution in [0, 0.1) is 0 Å². The maximum absolute atomic E-state index is 10.9. The van der Waals surface area contributed by atoms with Crippen LogP contribution < -0.4 is 10.6 Å². The van der Waals surface area contributed by atoms with Crippen LogP contribution in [0.1, 0.15) is 51.8 Å². The van der Waals surface area contributed by atoms with Crippen LogP contribution in [0.3, 0.4) is 0 Å². The number of unbranched alkanes of at least 4 members (excludes halogenated alkanes) is 1. The Morgan fingerprint density at radius 1 is 1.58 bits per heavy atom. The number of carboxylic acid groups (broad SMARTS) is 1. The number of aliphatic carboxylic acids is 1. The summed E-state index contributed by atoms with van der Waals surface area (Å²) in [6, 6.07) is -0.637. The van der Waals surface area contributed by atoms with Crippen LogP contribution in [0.4, 0.5) is 5.13 Å². The first-order valence-electron chi connectivity index (χ1n) is 6.71. The highest BCUT2D eigenvalue weighted by molar-refractivity contribution is 7.13. The third-order valence-electron chi connectivity index (χ3n) is 3.22. The summed E-state index contributed by atoms with van der Waals surface area (Å²) in [5.41, 5.74) is 6.03. The van der Waals surface area contributed by atoms with Crippen molar-refractivity contribution in [2.75, 3.05) is 11.4 Å². The van der Waals surface area contributed by atoms with Gasteiger partial charge in [0.2, 0.25) is 0 Å². The first kappa shape index (κ1) is 15.9. The predicted molar refractivity (Wildman–Crippen MR) is 78.7 cm³/mol. The lowest BCUT2D eigenvalue weighted by molar-refractivity contribution is -0.138. The van der Waals surface area contributed by atoms with Crippen molar-refractivity contribution in [3.63, 3.8) is 0 Å². The zero-order valence-electron chi connectivity index (χ0n) is 11.8. The number of hydrogen-bond acceptors (Lipinski definition) is 5. The molecule has 3 N–H and O–H groups in total. The van der Waals surface area contributed by atoms with Crippen molar-refractivity contribution in [1.29, 1.82) is 0 Å². The highest BCUT2D eigenvalue weighted by atomic mass is 32.1. The molecule has 0 bridgehead atoms. The van der Waals surface area contributed by atoms with Gasteiger partial charge in [-0.2, -0.15) is 0 Å². The Kier molecular flexibility index (Phi) is 6.24. The standard InChI is InChI=1S/C13H23N3O2S/c1-4-6-7-16(9(3)5-2)13-15-10(8-19-13)11(14)12(17)18/h8-9,11H,4-7,14H2,1-3H3,(H,17,18). The molecule has 19 heavy (non-hydrogen) atoms. The Bertz CT molecular complexity index is 408. The number of carboxylic acids is 1. The molecule has 0 aromatic carbocycles. The molecule has 2 unspecified atom stereocenters. The van der Waals surface area contributed by atoms with Crippen molar-refractivity contribution in [1.82, 2.24) is 4.98 Å². The van der Waals surface area contributed by atoms with E-state index in [2.05, 4.69) is 30.7 Å². The molecule has 0 aliphatic heterocycles. The molecule has 2 atom stereocenters. The number of anilines is 1. The summed E-state index contributed by atoms with van der Waals surface area (Å²) in [5.74, 6) is -1.04. The third kappa shape index (κ3) is 4.18. The fourth-order valence-corrected chi connectivity index (χ4v) is 2.72. The first-order chi connectivity index (χ1) is 9.01. The van der Waals surface area contributed by atoms with E-state index in [0.29, 0.717) is 11.7 Å². The second kappa shape index (κ2) is 7.45. The molecule has 108 valence electrons. The van der Waals surface area contributed by atoms with Gasteiger partial charge in [0.25, 0.3) is 0 Å². The van der Waals surface area contributed by atoms with Gasteiger partial charge in [0.05, 0.1) is 5.69 Å². The number of hydrogen-bond donors (Lipinski definition) is 2. The van der Waals surface area contributed by atoms with Crippen LogP contribution in [0.5, 0.6) is 0 Å². The summed E-state index contributed by atoms with van der Waals surface area (Å²) in [5, 5.41) is 11.5. The molecule has 1 aromatic heterocycles. The van der Waals surface area contributed by atoms with Crippen LogP contribution >= 0.6 is 11.3 Å². The molecule has 0 aliphatic carbocycles. The van der Waals surface area contributed by atoms with Crippen molar-refractivity contribution in [2.45, 2.75) is 52.1 Å². The fraction of sp³-hybridized carbons (Fsp3) is 0.692. The summed E-state index contributed by atoms with van der Waals surface area (Å²) in [6.45, 7) is 7.40. The van der Waals surface area contributed by atoms with E-state index in [-0.39, 0.29) is 0 Å². The molecule has 0 amide bonds. The molecule has 0 spiro atoms. The quantitative estimate of drug-likeness (QED) is 0.767. The van der Waals surface area contributed by atoms with Gasteiger partial charge in [-0.15, -0.1) is 11.3 Å². The van der Waals surface area contributed by atoms with Gasteiger partial charge in [-0.3, -0.25) is 4.79 Å². The van der Waals surface area contributed by atoms with Crippen molar-refractivity contribution in [2.24, 2.45) is 5.73 Å². The molecule has 1 rings (SSSR count). The van der Waals surface area contributed by atoms with Gasteiger partial charge in [0.1, 0.15) is 6.04 Å². The van der Waals surface area contributed by atoms with E-state index < -0.39 is 12.0 Å². The second-order valence-electron chi connectivity index (χ2n) is 4.68. The van der Waals surface area contributed by atoms with E-state index in [4.69, 9.17) is 10.8 Å². The van der Waals surface area contributed by atoms with Crippen molar-refractivity contribution < 1.29 is 9.90 Å². The average Bonchev–Trinajstić information content (AvgIpc) is 2.87. The summed E-state index contributed by atoms with van der Waals surface area (Å²) >= 11 is 1.47. The SMILES string of the molecule is CCCCN(c1nc(C(N)C(=O)O)cs1)C(C)CC. The Hall–Kier alpha value is -1.14. The fourth-order valence-electron chi connectivity index (χ4n) is 1.73. The largest absolute Gasteiger partial charge is 0.480 e. The minimum atomic E-state index is -1.04. The number of aromatic nitrogens is 1. The summed E-state index contributed by atoms with van der Waals surface area (Å²) in [4.78, 5) is 17.5. The Labute approximate surface area is 118 Å². The van der Waals surface area contributed by atoms with Gasteiger partial charge in [-0.05, 0) is 19.8 Å². The molecule has 0 radical (unpaired) electrons. The highest BCUT2D eigenvalue weighted by Gasteiger charge is 2.21. The lowest BCUT2D eigenvalue weighted by Crippen LogP contribution is -2.33. The minimum absolute atomic E-state index is 0.395. The van der Waals surface area contributed by atoms with E-state index in [1.807, 2.05) is 0 Å². The second-order valence-corrected chi connectivity index (χ2v) is 5.51. The number of carbonyl (C=O) groups is 1. The normalized spacial score (nSPS) is 14.1. The smallest absolute Gasteiger partial charge is 0.326 e. The third-order valence-corrected chi connectivity index (χ3v) is 4.11. The Balaban J connectivity index is 2.87. The molecule has 5 nitrogen and oxygen atoms in total. The maximum atomic E-state index is 10.9. The topological polar surface area (TPSA) is 79.5 Å². The van der Waals surface area contributed by atoms with Crippen LogP contribution in [0.25, 0.3) is 0 Å². The van der Waals surface area contributed by atoms with Gasteiger partial charge in [0, 0.05) is 18.0 Å². The Morgan fingerprint density at radius 2 is 2.26 bits per heavy atom. The van der Waals surface area contributed by atoms with Gasteiger partial charge in [0.15, 0.2) is 5.13 Å². The lowest BCUT2D eigenvalue weighted by atomic mass is 10.2. The molecule has 0 fully saturated rings. The van der Waals surface area contributed by atoms with E-state index in [9.17, 15) is 4.79 Å². The van der Waals surface area contributed by atoms with Gasteiger partial charge in [-0.1, -0.05) is 20.3 Å². The summed E-state index contributed by atoms with van der Waals surface area (Å²) < 4.78 is 0. The Morgan fingerprint density at radius 3 is 2.79 bits per heavy atom. The van der Waals surface area contributed by atoms with Crippen LogP contribution in [-0.4, -0.2) is 28.6 Å². The van der Waals surface area contributed by atoms with Gasteiger partial charge >= 0.3 is 5.97 Å². The van der Waals surface area contributed by atoms with Gasteiger partial charge < -0.3 is 15.7 Å². The number of rotatable bonds is 8. The molecule has 6 heteroatoms. The molecule has 0 saturated heterocycles. The average molecular weight is 285 g/mol. The lowest BCUT2D eigenvalue weighted by Gasteiger charge is -2.28. The van der Waals surface area contributed by atoms with Crippen LogP contribution in [0.15, 0.2) is 5.38 Å². The number of thiazole rings is 1. The minimum Gasteiger partial charge on any atom is -0.480 e. The van der Waals surface area contributed by atoms with Crippen molar-refractivity contribution in [3.8, 4) is 0 Å². The van der Waals surface area contributed by atoms with E-state index in [1.165, 1.54) is 11.3 Å². The van der Waals surface area contributed by atoms with E-state index in [0.717, 1.165) is 30.9 Å². The zero-order valence-corrected chi connectivity index (χ0v) is 12.6. The van der Waals surface area contributed by atoms with Crippen molar-refractivity contribution in [3.05, 3.63) is 11.1 Å². The zero-order chi connectivity index (χ0) is 14.4.